The Bertz CT molecular complexity index is 875. The highest BCUT2D eigenvalue weighted by atomic mass is 32.1. The molecule has 0 aromatic heterocycles. The Balaban J connectivity index is 1.90. The van der Waals surface area contributed by atoms with Crippen LogP contribution in [0.15, 0.2) is 36.4 Å². The predicted octanol–water partition coefficient (Wildman–Crippen LogP) is 1.88. The highest BCUT2D eigenvalue weighted by Gasteiger charge is 2.32. The average molecular weight is 431 g/mol. The Morgan fingerprint density at radius 2 is 1.83 bits per heavy atom. The van der Waals surface area contributed by atoms with E-state index in [-0.39, 0.29) is 6.04 Å². The Morgan fingerprint density at radius 1 is 1.07 bits per heavy atom. The molecular formula is C23H32N3O3S+. The minimum Gasteiger partial charge on any atom is -0.497 e. The van der Waals surface area contributed by atoms with Gasteiger partial charge in [-0.2, -0.15) is 0 Å². The molecule has 30 heavy (non-hydrogen) atoms. The third-order valence-corrected chi connectivity index (χ3v) is 5.89. The average Bonchev–Trinajstić information content (AvgIpc) is 2.77. The van der Waals surface area contributed by atoms with Crippen molar-refractivity contribution in [1.29, 1.82) is 0 Å². The summed E-state index contributed by atoms with van der Waals surface area (Å²) in [5, 5.41) is 7.27. The summed E-state index contributed by atoms with van der Waals surface area (Å²) in [6, 6.07) is 12.8. The normalized spacial score (nSPS) is 17.6. The SMILES string of the molecule is CCNC(=S)NC[C@@H]1c2cc(OC)c(OC)cc2CC[NH+]1Cc1cccc(OC)c1. The Hall–Kier alpha value is -2.51. The van der Waals surface area contributed by atoms with Gasteiger partial charge in [-0.05, 0) is 49.0 Å². The van der Waals surface area contributed by atoms with Crippen LogP contribution >= 0.6 is 12.2 Å². The van der Waals surface area contributed by atoms with Crippen molar-refractivity contribution in [2.45, 2.75) is 25.9 Å². The second-order valence-electron chi connectivity index (χ2n) is 7.39. The molecule has 162 valence electrons. The number of ether oxygens (including phenoxy) is 3. The molecule has 7 heteroatoms. The zero-order valence-corrected chi connectivity index (χ0v) is 19.0. The molecule has 2 aromatic rings. The van der Waals surface area contributed by atoms with Gasteiger partial charge in [-0.1, -0.05) is 12.1 Å². The van der Waals surface area contributed by atoms with Crippen molar-refractivity contribution in [1.82, 2.24) is 10.6 Å². The molecule has 2 atom stereocenters. The molecule has 0 aliphatic carbocycles. The second-order valence-corrected chi connectivity index (χ2v) is 7.79. The maximum Gasteiger partial charge on any atom is 0.166 e. The van der Waals surface area contributed by atoms with E-state index in [1.807, 2.05) is 19.1 Å². The van der Waals surface area contributed by atoms with Crippen LogP contribution < -0.4 is 29.7 Å². The van der Waals surface area contributed by atoms with Gasteiger partial charge < -0.3 is 29.7 Å². The van der Waals surface area contributed by atoms with Gasteiger partial charge in [0.2, 0.25) is 0 Å². The van der Waals surface area contributed by atoms with Gasteiger partial charge in [0.05, 0.1) is 34.4 Å². The van der Waals surface area contributed by atoms with Crippen molar-refractivity contribution in [3.8, 4) is 17.2 Å². The number of methoxy groups -OCH3 is 3. The van der Waals surface area contributed by atoms with Crippen molar-refractivity contribution in [3.05, 3.63) is 53.1 Å². The highest BCUT2D eigenvalue weighted by molar-refractivity contribution is 7.80. The first-order valence-corrected chi connectivity index (χ1v) is 10.7. The number of quaternary nitrogens is 1. The summed E-state index contributed by atoms with van der Waals surface area (Å²) >= 11 is 5.42. The van der Waals surface area contributed by atoms with E-state index in [2.05, 4.69) is 34.9 Å². The van der Waals surface area contributed by atoms with Crippen molar-refractivity contribution >= 4 is 17.3 Å². The lowest BCUT2D eigenvalue weighted by atomic mass is 9.91. The van der Waals surface area contributed by atoms with Gasteiger partial charge in [0, 0.05) is 24.1 Å². The smallest absolute Gasteiger partial charge is 0.166 e. The molecule has 0 amide bonds. The first-order chi connectivity index (χ1) is 14.6. The molecule has 1 aliphatic heterocycles. The summed E-state index contributed by atoms with van der Waals surface area (Å²) in [5.74, 6) is 2.43. The molecule has 0 saturated heterocycles. The number of fused-ring (bicyclic) bond motifs is 1. The van der Waals surface area contributed by atoms with E-state index >= 15 is 0 Å². The largest absolute Gasteiger partial charge is 0.497 e. The zero-order chi connectivity index (χ0) is 21.5. The third-order valence-electron chi connectivity index (χ3n) is 5.60. The fraction of sp³-hybridized carbons (Fsp3) is 0.435. The Morgan fingerprint density at radius 3 is 2.53 bits per heavy atom. The van der Waals surface area contributed by atoms with E-state index in [1.54, 1.807) is 21.3 Å². The van der Waals surface area contributed by atoms with E-state index in [0.717, 1.165) is 49.8 Å². The van der Waals surface area contributed by atoms with Gasteiger partial charge in [0.1, 0.15) is 18.3 Å². The van der Waals surface area contributed by atoms with Gasteiger partial charge in [-0.15, -0.1) is 0 Å². The monoisotopic (exact) mass is 430 g/mol. The molecule has 6 nitrogen and oxygen atoms in total. The highest BCUT2D eigenvalue weighted by Crippen LogP contribution is 2.34. The summed E-state index contributed by atoms with van der Waals surface area (Å²) in [6.45, 7) is 5.53. The van der Waals surface area contributed by atoms with E-state index in [1.165, 1.54) is 21.6 Å². The first kappa shape index (κ1) is 22.2. The van der Waals surface area contributed by atoms with Crippen molar-refractivity contribution in [2.75, 3.05) is 41.0 Å². The maximum atomic E-state index is 5.59. The molecule has 1 aliphatic rings. The minimum atomic E-state index is 0.233. The van der Waals surface area contributed by atoms with Crippen LogP contribution in [0.5, 0.6) is 17.2 Å². The minimum absolute atomic E-state index is 0.233. The van der Waals surface area contributed by atoms with Crippen LogP contribution in [0, 0.1) is 0 Å². The number of thiocarbonyl (C=S) groups is 1. The van der Waals surface area contributed by atoms with E-state index < -0.39 is 0 Å². The van der Waals surface area contributed by atoms with Crippen molar-refractivity contribution in [2.24, 2.45) is 0 Å². The number of hydrogen-bond acceptors (Lipinski definition) is 4. The fourth-order valence-electron chi connectivity index (χ4n) is 4.10. The van der Waals surface area contributed by atoms with E-state index in [0.29, 0.717) is 5.11 Å². The molecule has 2 aromatic carbocycles. The number of hydrogen-bond donors (Lipinski definition) is 3. The molecule has 3 rings (SSSR count). The van der Waals surface area contributed by atoms with Crippen LogP contribution in [0.1, 0.15) is 29.7 Å². The van der Waals surface area contributed by atoms with E-state index in [4.69, 9.17) is 26.4 Å². The van der Waals surface area contributed by atoms with Crippen molar-refractivity contribution in [3.63, 3.8) is 0 Å². The molecular weight excluding hydrogens is 398 g/mol. The molecule has 0 saturated carbocycles. The topological polar surface area (TPSA) is 56.2 Å². The summed E-state index contributed by atoms with van der Waals surface area (Å²) in [5.41, 5.74) is 3.85. The lowest BCUT2D eigenvalue weighted by molar-refractivity contribution is -0.945. The number of benzene rings is 2. The number of rotatable bonds is 8. The lowest BCUT2D eigenvalue weighted by Gasteiger charge is -2.35. The molecule has 0 spiro atoms. The van der Waals surface area contributed by atoms with Gasteiger partial charge in [-0.25, -0.2) is 0 Å². The predicted molar refractivity (Wildman–Crippen MR) is 123 cm³/mol. The van der Waals surface area contributed by atoms with Crippen LogP contribution in [0.2, 0.25) is 0 Å². The third kappa shape index (κ3) is 5.15. The molecule has 1 heterocycles. The van der Waals surface area contributed by atoms with Gasteiger partial charge in [0.15, 0.2) is 16.6 Å². The number of nitrogens with one attached hydrogen (secondary N) is 3. The summed E-state index contributed by atoms with van der Waals surface area (Å²) in [4.78, 5) is 1.48. The summed E-state index contributed by atoms with van der Waals surface area (Å²) in [6.07, 6.45) is 0.989. The van der Waals surface area contributed by atoms with Crippen LogP contribution in [0.4, 0.5) is 0 Å². The second kappa shape index (κ2) is 10.5. The van der Waals surface area contributed by atoms with Crippen LogP contribution in [-0.2, 0) is 13.0 Å². The lowest BCUT2D eigenvalue weighted by Crippen LogP contribution is -3.12. The van der Waals surface area contributed by atoms with Gasteiger partial charge in [-0.3, -0.25) is 0 Å². The molecule has 1 unspecified atom stereocenters. The summed E-state index contributed by atoms with van der Waals surface area (Å²) in [7, 11) is 5.07. The van der Waals surface area contributed by atoms with Crippen LogP contribution in [0.25, 0.3) is 0 Å². The standard InChI is InChI=1S/C23H31N3O3S/c1-5-24-23(30)25-14-20-19-13-22(29-4)21(28-3)12-17(19)9-10-26(20)15-16-7-6-8-18(11-16)27-2/h6-8,11-13,20H,5,9-10,14-15H2,1-4H3,(H2,24,25,30)/p+1/t20-/m1/s1. The zero-order valence-electron chi connectivity index (χ0n) is 18.2. The van der Waals surface area contributed by atoms with Crippen LogP contribution in [0.3, 0.4) is 0 Å². The van der Waals surface area contributed by atoms with Gasteiger partial charge in [0.25, 0.3) is 0 Å². The quantitative estimate of drug-likeness (QED) is 0.556. The van der Waals surface area contributed by atoms with Crippen LogP contribution in [-0.4, -0.2) is 46.1 Å². The summed E-state index contributed by atoms with van der Waals surface area (Å²) < 4.78 is 16.5. The maximum absolute atomic E-state index is 5.59. The molecule has 0 radical (unpaired) electrons. The van der Waals surface area contributed by atoms with Crippen molar-refractivity contribution < 1.29 is 19.1 Å². The van der Waals surface area contributed by atoms with Gasteiger partial charge >= 0.3 is 0 Å². The molecule has 3 N–H and O–H groups in total. The molecule has 0 fully saturated rings. The Kier molecular flexibility index (Phi) is 7.76. The Labute approximate surface area is 184 Å². The molecule has 0 bridgehead atoms. The fourth-order valence-corrected chi connectivity index (χ4v) is 4.32. The van der Waals surface area contributed by atoms with E-state index in [9.17, 15) is 0 Å². The first-order valence-electron chi connectivity index (χ1n) is 10.3.